The fourth-order valence-corrected chi connectivity index (χ4v) is 5.28. The molecule has 0 aromatic rings. The molecule has 4 rings (SSSR count). The highest BCUT2D eigenvalue weighted by atomic mass is 19.1. The average Bonchev–Trinajstić information content (AvgIpc) is 3.06. The van der Waals surface area contributed by atoms with Crippen LogP contribution in [0.2, 0.25) is 0 Å². The van der Waals surface area contributed by atoms with Crippen LogP contribution in [-0.4, -0.2) is 29.7 Å². The molecule has 0 amide bonds. The van der Waals surface area contributed by atoms with E-state index in [0.717, 1.165) is 18.9 Å². The molecule has 2 aliphatic carbocycles. The van der Waals surface area contributed by atoms with Crippen LogP contribution >= 0.6 is 0 Å². The van der Waals surface area contributed by atoms with Crippen molar-refractivity contribution in [3.05, 3.63) is 0 Å². The molecule has 0 aromatic heterocycles. The first-order chi connectivity index (χ1) is 8.02. The summed E-state index contributed by atoms with van der Waals surface area (Å²) in [5, 5.41) is 0. The van der Waals surface area contributed by atoms with E-state index in [2.05, 4.69) is 18.7 Å². The van der Waals surface area contributed by atoms with Gasteiger partial charge in [0.05, 0.1) is 0 Å². The van der Waals surface area contributed by atoms with E-state index >= 15 is 0 Å². The first-order valence-electron chi connectivity index (χ1n) is 7.41. The number of fused-ring (bicyclic) bond motifs is 2. The summed E-state index contributed by atoms with van der Waals surface area (Å²) < 4.78 is 13.7. The predicted molar refractivity (Wildman–Crippen MR) is 66.6 cm³/mol. The standard InChI is InChI=1S/C15H24FN/c1-11(2)7-15-9-13(8-12(13)16)10-17(15)6-5-14(15)3-4-14/h11-12H,3-10H2,1-2H3/t12-,13-,15+/m0/s1. The van der Waals surface area contributed by atoms with Gasteiger partial charge in [-0.25, -0.2) is 4.39 Å². The van der Waals surface area contributed by atoms with E-state index in [-0.39, 0.29) is 5.41 Å². The molecule has 0 radical (unpaired) electrons. The Balaban J connectivity index is 1.69. The Morgan fingerprint density at radius 2 is 2.00 bits per heavy atom. The van der Waals surface area contributed by atoms with Gasteiger partial charge in [-0.1, -0.05) is 13.8 Å². The second-order valence-corrected chi connectivity index (χ2v) is 7.79. The van der Waals surface area contributed by atoms with Crippen LogP contribution in [0.25, 0.3) is 0 Å². The summed E-state index contributed by atoms with van der Waals surface area (Å²) in [5.41, 5.74) is 1.12. The number of hydrogen-bond acceptors (Lipinski definition) is 1. The van der Waals surface area contributed by atoms with Crippen LogP contribution in [-0.2, 0) is 0 Å². The summed E-state index contributed by atoms with van der Waals surface area (Å²) in [6, 6.07) is 0. The third-order valence-corrected chi connectivity index (χ3v) is 6.29. The van der Waals surface area contributed by atoms with Crippen molar-refractivity contribution in [3.8, 4) is 0 Å². The number of nitrogens with zero attached hydrogens (tertiary/aromatic N) is 1. The second-order valence-electron chi connectivity index (χ2n) is 7.79. The van der Waals surface area contributed by atoms with Crippen LogP contribution in [0.1, 0.15) is 52.4 Å². The zero-order chi connectivity index (χ0) is 11.9. The van der Waals surface area contributed by atoms with E-state index in [4.69, 9.17) is 0 Å². The zero-order valence-corrected chi connectivity index (χ0v) is 11.1. The fraction of sp³-hybridized carbons (Fsp3) is 1.00. The predicted octanol–water partition coefficient (Wildman–Crippen LogP) is 3.39. The van der Waals surface area contributed by atoms with Crippen molar-refractivity contribution in [1.29, 1.82) is 0 Å². The largest absolute Gasteiger partial charge is 0.296 e. The van der Waals surface area contributed by atoms with Gasteiger partial charge in [-0.05, 0) is 56.4 Å². The molecule has 4 fully saturated rings. The lowest BCUT2D eigenvalue weighted by molar-refractivity contribution is 0.107. The van der Waals surface area contributed by atoms with E-state index in [9.17, 15) is 4.39 Å². The molecule has 2 spiro atoms. The number of hydrogen-bond donors (Lipinski definition) is 0. The average molecular weight is 237 g/mol. The second kappa shape index (κ2) is 2.89. The molecule has 2 aliphatic heterocycles. The van der Waals surface area contributed by atoms with Crippen molar-refractivity contribution in [1.82, 2.24) is 4.90 Å². The van der Waals surface area contributed by atoms with Gasteiger partial charge in [0, 0.05) is 17.5 Å². The molecular weight excluding hydrogens is 213 g/mol. The van der Waals surface area contributed by atoms with Gasteiger partial charge in [-0.15, -0.1) is 0 Å². The Morgan fingerprint density at radius 3 is 2.53 bits per heavy atom. The summed E-state index contributed by atoms with van der Waals surface area (Å²) in [5.74, 6) is 0.750. The Labute approximate surface area is 104 Å². The quantitative estimate of drug-likeness (QED) is 0.711. The van der Waals surface area contributed by atoms with Gasteiger partial charge in [0.25, 0.3) is 0 Å². The van der Waals surface area contributed by atoms with Crippen LogP contribution < -0.4 is 0 Å². The maximum Gasteiger partial charge on any atom is 0.108 e. The third kappa shape index (κ3) is 1.18. The van der Waals surface area contributed by atoms with Gasteiger partial charge >= 0.3 is 0 Å². The normalized spacial score (nSPS) is 50.5. The summed E-state index contributed by atoms with van der Waals surface area (Å²) in [4.78, 5) is 2.71. The molecule has 17 heavy (non-hydrogen) atoms. The van der Waals surface area contributed by atoms with E-state index in [0.29, 0.717) is 11.0 Å². The van der Waals surface area contributed by atoms with E-state index in [1.807, 2.05) is 0 Å². The fourth-order valence-electron chi connectivity index (χ4n) is 5.28. The minimum absolute atomic E-state index is 0.102. The first kappa shape index (κ1) is 10.8. The zero-order valence-electron chi connectivity index (χ0n) is 11.1. The van der Waals surface area contributed by atoms with Gasteiger partial charge in [-0.3, -0.25) is 4.90 Å². The van der Waals surface area contributed by atoms with Gasteiger partial charge in [0.1, 0.15) is 6.17 Å². The van der Waals surface area contributed by atoms with E-state index < -0.39 is 6.17 Å². The molecule has 0 unspecified atom stereocenters. The molecule has 0 N–H and O–H groups in total. The maximum absolute atomic E-state index is 13.7. The Bertz CT molecular complexity index is 362. The monoisotopic (exact) mass is 237 g/mol. The highest BCUT2D eigenvalue weighted by Crippen LogP contribution is 2.73. The molecule has 2 saturated heterocycles. The molecule has 2 heterocycles. The molecule has 0 aromatic carbocycles. The van der Waals surface area contributed by atoms with Crippen LogP contribution in [0, 0.1) is 16.7 Å². The van der Waals surface area contributed by atoms with Crippen molar-refractivity contribution < 1.29 is 4.39 Å². The molecule has 4 aliphatic rings. The van der Waals surface area contributed by atoms with Crippen LogP contribution in [0.3, 0.4) is 0 Å². The maximum atomic E-state index is 13.7. The van der Waals surface area contributed by atoms with Crippen LogP contribution in [0.4, 0.5) is 4.39 Å². The number of halogens is 1. The topological polar surface area (TPSA) is 3.24 Å². The van der Waals surface area contributed by atoms with Gasteiger partial charge in [0.15, 0.2) is 0 Å². The molecule has 2 saturated carbocycles. The lowest BCUT2D eigenvalue weighted by Crippen LogP contribution is -2.45. The van der Waals surface area contributed by atoms with Crippen LogP contribution in [0.15, 0.2) is 0 Å². The van der Waals surface area contributed by atoms with Gasteiger partial charge in [-0.2, -0.15) is 0 Å². The molecule has 2 heteroatoms. The highest BCUT2D eigenvalue weighted by molar-refractivity contribution is 5.27. The van der Waals surface area contributed by atoms with Crippen molar-refractivity contribution in [2.75, 3.05) is 13.1 Å². The number of alkyl halides is 1. The van der Waals surface area contributed by atoms with Crippen LogP contribution in [0.5, 0.6) is 0 Å². The Morgan fingerprint density at radius 1 is 1.29 bits per heavy atom. The lowest BCUT2D eigenvalue weighted by atomic mass is 9.72. The van der Waals surface area contributed by atoms with E-state index in [1.54, 1.807) is 0 Å². The summed E-state index contributed by atoms with van der Waals surface area (Å²) in [7, 11) is 0. The highest BCUT2D eigenvalue weighted by Gasteiger charge is 2.74. The minimum Gasteiger partial charge on any atom is -0.296 e. The summed E-state index contributed by atoms with van der Waals surface area (Å²) >= 11 is 0. The molecular formula is C15H24FN. The van der Waals surface area contributed by atoms with Crippen molar-refractivity contribution in [2.45, 2.75) is 64.1 Å². The lowest BCUT2D eigenvalue weighted by Gasteiger charge is -2.39. The summed E-state index contributed by atoms with van der Waals surface area (Å²) in [6.07, 6.45) is 7.10. The van der Waals surface area contributed by atoms with E-state index in [1.165, 1.54) is 38.6 Å². The molecule has 3 atom stereocenters. The third-order valence-electron chi connectivity index (χ3n) is 6.29. The molecule has 0 bridgehead atoms. The summed E-state index contributed by atoms with van der Waals surface area (Å²) in [6.45, 7) is 7.00. The Kier molecular flexibility index (Phi) is 1.84. The Hall–Kier alpha value is -0.110. The molecule has 1 nitrogen and oxygen atoms in total. The SMILES string of the molecule is CC(C)C[C@]12C[C@@]3(C[C@@H]3F)CN1CCC21CC1. The smallest absolute Gasteiger partial charge is 0.108 e. The van der Waals surface area contributed by atoms with Gasteiger partial charge in [0.2, 0.25) is 0 Å². The van der Waals surface area contributed by atoms with Gasteiger partial charge < -0.3 is 0 Å². The minimum atomic E-state index is -0.479. The van der Waals surface area contributed by atoms with Crippen molar-refractivity contribution >= 4 is 0 Å². The van der Waals surface area contributed by atoms with Crippen molar-refractivity contribution in [3.63, 3.8) is 0 Å². The van der Waals surface area contributed by atoms with Crippen molar-refractivity contribution in [2.24, 2.45) is 16.7 Å². The molecule has 96 valence electrons. The first-order valence-corrected chi connectivity index (χ1v) is 7.41. The number of rotatable bonds is 2.